The number of anilines is 1. The van der Waals surface area contributed by atoms with Gasteiger partial charge in [0.15, 0.2) is 0 Å². The van der Waals surface area contributed by atoms with E-state index in [2.05, 4.69) is 44.9 Å². The Balaban J connectivity index is 2.66. The van der Waals surface area contributed by atoms with E-state index in [1.165, 1.54) is 0 Å². The third kappa shape index (κ3) is 2.42. The highest BCUT2D eigenvalue weighted by molar-refractivity contribution is 9.09. The summed E-state index contributed by atoms with van der Waals surface area (Å²) in [7, 11) is 0. The molecule has 0 amide bonds. The van der Waals surface area contributed by atoms with Gasteiger partial charge in [0, 0.05) is 17.9 Å². The first-order valence-corrected chi connectivity index (χ1v) is 5.84. The first-order valence-electron chi connectivity index (χ1n) is 3.84. The fraction of sp³-hybridized carbons (Fsp3) is 0.714. The van der Waals surface area contributed by atoms with Crippen LogP contribution in [-0.4, -0.2) is 28.1 Å². The minimum Gasteiger partial charge on any atom is -0.343 e. The van der Waals surface area contributed by atoms with Crippen LogP contribution >= 0.6 is 27.3 Å². The van der Waals surface area contributed by atoms with E-state index in [0.717, 1.165) is 17.0 Å². The molecule has 0 bridgehead atoms. The van der Waals surface area contributed by atoms with E-state index in [-0.39, 0.29) is 0 Å². The summed E-state index contributed by atoms with van der Waals surface area (Å²) in [4.78, 5) is 2.23. The second kappa shape index (κ2) is 4.77. The first-order chi connectivity index (χ1) is 5.75. The van der Waals surface area contributed by atoms with Gasteiger partial charge in [-0.15, -0.1) is 10.2 Å². The Morgan fingerprint density at radius 1 is 1.67 bits per heavy atom. The zero-order valence-electron chi connectivity index (χ0n) is 7.20. The van der Waals surface area contributed by atoms with Gasteiger partial charge in [-0.25, -0.2) is 0 Å². The highest BCUT2D eigenvalue weighted by Crippen LogP contribution is 2.17. The molecule has 0 unspecified atom stereocenters. The molecule has 3 nitrogen and oxygen atoms in total. The van der Waals surface area contributed by atoms with Gasteiger partial charge in [0.1, 0.15) is 5.51 Å². The zero-order valence-corrected chi connectivity index (χ0v) is 9.60. The Kier molecular flexibility index (Phi) is 3.94. The summed E-state index contributed by atoms with van der Waals surface area (Å²) in [5.41, 5.74) is 1.76. The van der Waals surface area contributed by atoms with Crippen LogP contribution in [0.25, 0.3) is 0 Å². The van der Waals surface area contributed by atoms with Crippen LogP contribution in [0.3, 0.4) is 0 Å². The molecule has 0 atom stereocenters. The van der Waals surface area contributed by atoms with Crippen LogP contribution in [0.1, 0.15) is 13.8 Å². The number of nitrogens with zero attached hydrogens (tertiary/aromatic N) is 3. The van der Waals surface area contributed by atoms with Crippen LogP contribution in [0.15, 0.2) is 5.51 Å². The quantitative estimate of drug-likeness (QED) is 0.767. The second-order valence-electron chi connectivity index (χ2n) is 2.70. The van der Waals surface area contributed by atoms with Gasteiger partial charge in [-0.2, -0.15) is 0 Å². The molecule has 12 heavy (non-hydrogen) atoms. The van der Waals surface area contributed by atoms with Gasteiger partial charge < -0.3 is 4.90 Å². The number of halogens is 1. The molecule has 0 saturated heterocycles. The highest BCUT2D eigenvalue weighted by Gasteiger charge is 2.11. The lowest BCUT2D eigenvalue weighted by Crippen LogP contribution is -2.32. The average Bonchev–Trinajstić information content (AvgIpc) is 2.51. The standard InChI is InChI=1S/C7H12BrN3S/c1-6(2)11(4-3-8)7-10-9-5-12-7/h5-6H,3-4H2,1-2H3. The van der Waals surface area contributed by atoms with Gasteiger partial charge in [0.2, 0.25) is 5.13 Å². The van der Waals surface area contributed by atoms with Crippen molar-refractivity contribution in [1.82, 2.24) is 10.2 Å². The lowest BCUT2D eigenvalue weighted by molar-refractivity contribution is 0.701. The molecule has 1 aromatic heterocycles. The maximum Gasteiger partial charge on any atom is 0.208 e. The summed E-state index contributed by atoms with van der Waals surface area (Å²) in [6.07, 6.45) is 0. The molecular formula is C7H12BrN3S. The number of rotatable bonds is 4. The van der Waals surface area contributed by atoms with E-state index in [4.69, 9.17) is 0 Å². The molecule has 0 saturated carbocycles. The Hall–Kier alpha value is -0.160. The van der Waals surface area contributed by atoms with Gasteiger partial charge >= 0.3 is 0 Å². The molecule has 68 valence electrons. The third-order valence-corrected chi connectivity index (χ3v) is 2.62. The predicted molar refractivity (Wildman–Crippen MR) is 56.2 cm³/mol. The second-order valence-corrected chi connectivity index (χ2v) is 4.30. The third-order valence-electron chi connectivity index (χ3n) is 1.54. The van der Waals surface area contributed by atoms with Gasteiger partial charge in [-0.3, -0.25) is 0 Å². The van der Waals surface area contributed by atoms with Crippen LogP contribution in [0.4, 0.5) is 5.13 Å². The molecule has 5 heteroatoms. The van der Waals surface area contributed by atoms with E-state index in [0.29, 0.717) is 6.04 Å². The largest absolute Gasteiger partial charge is 0.343 e. The van der Waals surface area contributed by atoms with Crippen molar-refractivity contribution in [2.45, 2.75) is 19.9 Å². The van der Waals surface area contributed by atoms with Crippen molar-refractivity contribution < 1.29 is 0 Å². The summed E-state index contributed by atoms with van der Waals surface area (Å²) in [5, 5.41) is 9.82. The molecule has 0 fully saturated rings. The SMILES string of the molecule is CC(C)N(CCBr)c1nncs1. The van der Waals surface area contributed by atoms with Crippen LogP contribution in [0.5, 0.6) is 0 Å². The zero-order chi connectivity index (χ0) is 8.97. The first kappa shape index (κ1) is 9.92. The minimum absolute atomic E-state index is 0.482. The fourth-order valence-electron chi connectivity index (χ4n) is 0.958. The van der Waals surface area contributed by atoms with Crippen molar-refractivity contribution >= 4 is 32.4 Å². The molecule has 0 radical (unpaired) electrons. The fourth-order valence-corrected chi connectivity index (χ4v) is 2.06. The van der Waals surface area contributed by atoms with Crippen molar-refractivity contribution in [2.75, 3.05) is 16.8 Å². The van der Waals surface area contributed by atoms with E-state index in [1.54, 1.807) is 16.8 Å². The van der Waals surface area contributed by atoms with Crippen LogP contribution < -0.4 is 4.90 Å². The number of aromatic nitrogens is 2. The summed E-state index contributed by atoms with van der Waals surface area (Å²) < 4.78 is 0. The van der Waals surface area contributed by atoms with Gasteiger partial charge in [-0.05, 0) is 13.8 Å². The lowest BCUT2D eigenvalue weighted by Gasteiger charge is -2.24. The maximum atomic E-state index is 4.03. The van der Waals surface area contributed by atoms with Crippen molar-refractivity contribution in [3.05, 3.63) is 5.51 Å². The summed E-state index contributed by atoms with van der Waals surface area (Å²) >= 11 is 5.00. The van der Waals surface area contributed by atoms with Gasteiger partial charge in [0.25, 0.3) is 0 Å². The van der Waals surface area contributed by atoms with Crippen LogP contribution in [-0.2, 0) is 0 Å². The predicted octanol–water partition coefficient (Wildman–Crippen LogP) is 2.15. The van der Waals surface area contributed by atoms with E-state index >= 15 is 0 Å². The van der Waals surface area contributed by atoms with Crippen molar-refractivity contribution in [2.24, 2.45) is 0 Å². The summed E-state index contributed by atoms with van der Waals surface area (Å²) in [6, 6.07) is 0.482. The smallest absolute Gasteiger partial charge is 0.208 e. The molecule has 0 aromatic carbocycles. The molecule has 0 aliphatic carbocycles. The topological polar surface area (TPSA) is 29.0 Å². The minimum atomic E-state index is 0.482. The number of hydrogen-bond donors (Lipinski definition) is 0. The Morgan fingerprint density at radius 3 is 2.83 bits per heavy atom. The maximum absolute atomic E-state index is 4.03. The molecule has 1 heterocycles. The van der Waals surface area contributed by atoms with Crippen LogP contribution in [0, 0.1) is 0 Å². The molecule has 0 N–H and O–H groups in total. The Labute approximate surface area is 84.9 Å². The van der Waals surface area contributed by atoms with Crippen LogP contribution in [0.2, 0.25) is 0 Å². The average molecular weight is 250 g/mol. The van der Waals surface area contributed by atoms with E-state index in [9.17, 15) is 0 Å². The summed E-state index contributed by atoms with van der Waals surface area (Å²) in [5.74, 6) is 0. The molecular weight excluding hydrogens is 238 g/mol. The molecule has 0 aliphatic rings. The molecule has 1 rings (SSSR count). The van der Waals surface area contributed by atoms with E-state index in [1.807, 2.05) is 0 Å². The highest BCUT2D eigenvalue weighted by atomic mass is 79.9. The Morgan fingerprint density at radius 2 is 2.42 bits per heavy atom. The number of hydrogen-bond acceptors (Lipinski definition) is 4. The monoisotopic (exact) mass is 249 g/mol. The van der Waals surface area contributed by atoms with Crippen molar-refractivity contribution in [1.29, 1.82) is 0 Å². The Bertz CT molecular complexity index is 212. The van der Waals surface area contributed by atoms with E-state index < -0.39 is 0 Å². The summed E-state index contributed by atoms with van der Waals surface area (Å²) in [6.45, 7) is 5.29. The molecule has 1 aromatic rings. The van der Waals surface area contributed by atoms with Gasteiger partial charge in [-0.1, -0.05) is 27.3 Å². The lowest BCUT2D eigenvalue weighted by atomic mass is 10.3. The van der Waals surface area contributed by atoms with Crippen molar-refractivity contribution in [3.8, 4) is 0 Å². The molecule has 0 aliphatic heterocycles. The van der Waals surface area contributed by atoms with Crippen molar-refractivity contribution in [3.63, 3.8) is 0 Å². The normalized spacial score (nSPS) is 10.7. The van der Waals surface area contributed by atoms with Gasteiger partial charge in [0.05, 0.1) is 0 Å². The molecule has 0 spiro atoms. The number of alkyl halides is 1.